The molecule has 1 amide bonds. The first-order chi connectivity index (χ1) is 11.9. The van der Waals surface area contributed by atoms with Crippen LogP contribution in [0.4, 0.5) is 10.1 Å². The zero-order valence-electron chi connectivity index (χ0n) is 14.0. The van der Waals surface area contributed by atoms with Gasteiger partial charge in [0.2, 0.25) is 0 Å². The Morgan fingerprint density at radius 3 is 2.52 bits per heavy atom. The van der Waals surface area contributed by atoms with Crippen molar-refractivity contribution in [3.05, 3.63) is 63.8 Å². The van der Waals surface area contributed by atoms with Gasteiger partial charge in [0.25, 0.3) is 5.91 Å². The maximum atomic E-state index is 14.0. The molecule has 25 heavy (non-hydrogen) atoms. The highest BCUT2D eigenvalue weighted by Crippen LogP contribution is 2.33. The fourth-order valence-corrected chi connectivity index (χ4v) is 3.87. The zero-order valence-corrected chi connectivity index (χ0v) is 14.8. The monoisotopic (exact) mass is 357 g/mol. The van der Waals surface area contributed by atoms with E-state index in [9.17, 15) is 14.0 Å². The van der Waals surface area contributed by atoms with Gasteiger partial charge in [-0.1, -0.05) is 18.2 Å². The van der Waals surface area contributed by atoms with E-state index in [1.807, 2.05) is 0 Å². The molecule has 0 atom stereocenters. The number of aryl methyl sites for hydroxylation is 2. The molecule has 128 valence electrons. The number of carbonyl (C=O) groups excluding carboxylic acids is 2. The van der Waals surface area contributed by atoms with Crippen molar-refractivity contribution in [2.24, 2.45) is 0 Å². The Labute approximate surface area is 148 Å². The Hall–Kier alpha value is -2.73. The van der Waals surface area contributed by atoms with Crippen LogP contribution in [-0.4, -0.2) is 19.0 Å². The highest BCUT2D eigenvalue weighted by Gasteiger charge is 2.21. The third kappa shape index (κ3) is 3.00. The van der Waals surface area contributed by atoms with Crippen LogP contribution in [0.5, 0.6) is 0 Å². The van der Waals surface area contributed by atoms with E-state index in [1.54, 1.807) is 44.2 Å². The number of benzene rings is 2. The first-order valence-electron chi connectivity index (χ1n) is 7.61. The molecule has 0 radical (unpaired) electrons. The number of nitrogens with one attached hydrogen (secondary N) is 1. The summed E-state index contributed by atoms with van der Waals surface area (Å²) in [6.07, 6.45) is 0. The lowest BCUT2D eigenvalue weighted by atomic mass is 10.1. The van der Waals surface area contributed by atoms with Crippen LogP contribution < -0.4 is 5.32 Å². The number of methoxy groups -OCH3 is 1. The van der Waals surface area contributed by atoms with Gasteiger partial charge in [0.15, 0.2) is 0 Å². The predicted octanol–water partition coefficient (Wildman–Crippen LogP) is 4.70. The third-order valence-electron chi connectivity index (χ3n) is 4.03. The molecule has 3 aromatic rings. The minimum absolute atomic E-state index is 0.279. The fraction of sp³-hybridized carbons (Fsp3) is 0.158. The van der Waals surface area contributed by atoms with Gasteiger partial charge in [0.05, 0.1) is 23.2 Å². The van der Waals surface area contributed by atoms with E-state index < -0.39 is 5.97 Å². The topological polar surface area (TPSA) is 55.4 Å². The number of ether oxygens (including phenoxy) is 1. The van der Waals surface area contributed by atoms with Crippen LogP contribution in [0.1, 0.15) is 31.2 Å². The summed E-state index contributed by atoms with van der Waals surface area (Å²) in [4.78, 5) is 25.1. The van der Waals surface area contributed by atoms with E-state index in [-0.39, 0.29) is 17.3 Å². The third-order valence-corrected chi connectivity index (χ3v) is 5.28. The second-order valence-electron chi connectivity index (χ2n) is 5.61. The fourth-order valence-electron chi connectivity index (χ4n) is 2.75. The van der Waals surface area contributed by atoms with Crippen molar-refractivity contribution in [2.75, 3.05) is 12.4 Å². The maximum Gasteiger partial charge on any atom is 0.339 e. The Bertz CT molecular complexity index is 994. The highest BCUT2D eigenvalue weighted by atomic mass is 32.1. The lowest BCUT2D eigenvalue weighted by Gasteiger charge is -2.12. The molecular weight excluding hydrogens is 341 g/mol. The summed E-state index contributed by atoms with van der Waals surface area (Å²) in [7, 11) is 1.29. The van der Waals surface area contributed by atoms with Gasteiger partial charge in [0.1, 0.15) is 5.82 Å². The molecule has 0 saturated heterocycles. The normalized spacial score (nSPS) is 10.7. The molecule has 1 heterocycles. The van der Waals surface area contributed by atoms with E-state index in [2.05, 4.69) is 5.32 Å². The molecule has 0 bridgehead atoms. The summed E-state index contributed by atoms with van der Waals surface area (Å²) in [6, 6.07) is 9.87. The number of hydrogen-bond donors (Lipinski definition) is 1. The van der Waals surface area contributed by atoms with Gasteiger partial charge in [-0.3, -0.25) is 4.79 Å². The molecule has 0 aliphatic rings. The second-order valence-corrected chi connectivity index (χ2v) is 6.66. The van der Waals surface area contributed by atoms with Crippen molar-refractivity contribution in [1.29, 1.82) is 0 Å². The molecule has 0 spiro atoms. The molecule has 1 N–H and O–H groups in total. The van der Waals surface area contributed by atoms with E-state index in [0.717, 1.165) is 5.56 Å². The summed E-state index contributed by atoms with van der Waals surface area (Å²) in [6.45, 7) is 3.51. The minimum atomic E-state index is -0.530. The standard InChI is InChI=1S/C19H16FNO3S/c1-10-6-4-7-12(19(23)24-3)16(10)21-18(22)17-11(2)15-13(20)8-5-9-14(15)25-17/h4-9H,1-3H3,(H,21,22). The average molecular weight is 357 g/mol. The van der Waals surface area contributed by atoms with Crippen molar-refractivity contribution in [3.8, 4) is 0 Å². The second kappa shape index (κ2) is 6.64. The molecule has 0 unspecified atom stereocenters. The number of fused-ring (bicyclic) bond motifs is 1. The van der Waals surface area contributed by atoms with Crippen LogP contribution in [0, 0.1) is 19.7 Å². The van der Waals surface area contributed by atoms with Gasteiger partial charge < -0.3 is 10.1 Å². The van der Waals surface area contributed by atoms with E-state index >= 15 is 0 Å². The molecule has 6 heteroatoms. The summed E-state index contributed by atoms with van der Waals surface area (Å²) in [5.74, 6) is -1.26. The molecule has 2 aromatic carbocycles. The summed E-state index contributed by atoms with van der Waals surface area (Å²) in [5.41, 5.74) is 2.00. The molecule has 1 aromatic heterocycles. The quantitative estimate of drug-likeness (QED) is 0.692. The van der Waals surface area contributed by atoms with Gasteiger partial charge in [-0.05, 0) is 43.2 Å². The molecular formula is C19H16FNO3S. The number of esters is 1. The number of rotatable bonds is 3. The van der Waals surface area contributed by atoms with E-state index in [4.69, 9.17) is 4.74 Å². The molecule has 4 nitrogen and oxygen atoms in total. The van der Waals surface area contributed by atoms with Crippen LogP contribution in [-0.2, 0) is 4.74 Å². The summed E-state index contributed by atoms with van der Waals surface area (Å²) < 4.78 is 19.5. The number of halogens is 1. The van der Waals surface area contributed by atoms with Crippen LogP contribution in [0.25, 0.3) is 10.1 Å². The van der Waals surface area contributed by atoms with Crippen molar-refractivity contribution in [3.63, 3.8) is 0 Å². The summed E-state index contributed by atoms with van der Waals surface area (Å²) in [5, 5.41) is 3.23. The van der Waals surface area contributed by atoms with E-state index in [0.29, 0.717) is 26.2 Å². The largest absolute Gasteiger partial charge is 0.465 e. The number of thiophene rings is 1. The van der Waals surface area contributed by atoms with Crippen LogP contribution in [0.3, 0.4) is 0 Å². The van der Waals surface area contributed by atoms with Gasteiger partial charge in [0, 0.05) is 10.1 Å². The van der Waals surface area contributed by atoms with Gasteiger partial charge >= 0.3 is 5.97 Å². The van der Waals surface area contributed by atoms with Crippen molar-refractivity contribution < 1.29 is 18.7 Å². The lowest BCUT2D eigenvalue weighted by molar-refractivity contribution is 0.0602. The number of hydrogen-bond acceptors (Lipinski definition) is 4. The molecule has 0 aliphatic carbocycles. The Morgan fingerprint density at radius 1 is 1.12 bits per heavy atom. The number of para-hydroxylation sites is 1. The van der Waals surface area contributed by atoms with Gasteiger partial charge in [-0.15, -0.1) is 11.3 Å². The lowest BCUT2D eigenvalue weighted by Crippen LogP contribution is -2.16. The first-order valence-corrected chi connectivity index (χ1v) is 8.42. The van der Waals surface area contributed by atoms with Gasteiger partial charge in [-0.2, -0.15) is 0 Å². The zero-order chi connectivity index (χ0) is 18.1. The number of amides is 1. The van der Waals surface area contributed by atoms with Crippen molar-refractivity contribution in [1.82, 2.24) is 0 Å². The predicted molar refractivity (Wildman–Crippen MR) is 97.0 cm³/mol. The Kier molecular flexibility index (Phi) is 4.55. The first kappa shape index (κ1) is 17.1. The van der Waals surface area contributed by atoms with Crippen molar-refractivity contribution >= 4 is 39.0 Å². The molecule has 0 aliphatic heterocycles. The van der Waals surface area contributed by atoms with Crippen molar-refractivity contribution in [2.45, 2.75) is 13.8 Å². The Morgan fingerprint density at radius 2 is 1.84 bits per heavy atom. The number of carbonyl (C=O) groups is 2. The van der Waals surface area contributed by atoms with Gasteiger partial charge in [-0.25, -0.2) is 9.18 Å². The average Bonchev–Trinajstić information content (AvgIpc) is 2.94. The highest BCUT2D eigenvalue weighted by molar-refractivity contribution is 7.21. The molecule has 3 rings (SSSR count). The smallest absolute Gasteiger partial charge is 0.339 e. The SMILES string of the molecule is COC(=O)c1cccc(C)c1NC(=O)c1sc2cccc(F)c2c1C. The van der Waals surface area contributed by atoms with E-state index in [1.165, 1.54) is 24.5 Å². The van der Waals surface area contributed by atoms with Crippen LogP contribution in [0.2, 0.25) is 0 Å². The molecule has 0 fully saturated rings. The maximum absolute atomic E-state index is 14.0. The van der Waals surface area contributed by atoms with Crippen LogP contribution >= 0.6 is 11.3 Å². The number of anilines is 1. The summed E-state index contributed by atoms with van der Waals surface area (Å²) >= 11 is 1.22. The Balaban J connectivity index is 2.03. The van der Waals surface area contributed by atoms with Crippen LogP contribution in [0.15, 0.2) is 36.4 Å². The molecule has 0 saturated carbocycles. The minimum Gasteiger partial charge on any atom is -0.465 e.